The van der Waals surface area contributed by atoms with Crippen molar-refractivity contribution >= 4 is 22.7 Å². The molecule has 0 amide bonds. The SMILES string of the molecule is CN1C2CCC1(/C(=C\C(=O)O)C(=O)O)CC(c1cccc3cnccc13)C2. The zero-order valence-electron chi connectivity index (χ0n) is 15.1. The number of piperidine rings is 1. The standard InChI is InChI=1S/C21H22N2O4/c1-23-15-5-7-21(23,18(20(26)27)10-19(24)25)11-14(9-15)16-4-2-3-13-12-22-8-6-17(13)16/h2-4,6,8,10,12,14-15H,5,7,9,11H2,1H3,(H,24,25)(H,26,27)/b18-10-. The Bertz CT molecular complexity index is 949. The lowest BCUT2D eigenvalue weighted by atomic mass is 9.73. The minimum absolute atomic E-state index is 0.00777. The molecule has 2 fully saturated rings. The van der Waals surface area contributed by atoms with Gasteiger partial charge in [0.2, 0.25) is 0 Å². The molecule has 4 rings (SSSR count). The van der Waals surface area contributed by atoms with E-state index in [2.05, 4.69) is 16.0 Å². The number of fused-ring (bicyclic) bond motifs is 3. The van der Waals surface area contributed by atoms with Crippen molar-refractivity contribution in [3.63, 3.8) is 0 Å². The molecule has 6 heteroatoms. The van der Waals surface area contributed by atoms with Gasteiger partial charge in [-0.05, 0) is 55.7 Å². The Labute approximate surface area is 157 Å². The van der Waals surface area contributed by atoms with Gasteiger partial charge in [-0.2, -0.15) is 0 Å². The number of carboxylic acid groups (broad SMARTS) is 2. The fourth-order valence-electron chi connectivity index (χ4n) is 5.16. The van der Waals surface area contributed by atoms with E-state index in [0.717, 1.165) is 29.7 Å². The molecule has 2 aromatic rings. The maximum absolute atomic E-state index is 12.0. The van der Waals surface area contributed by atoms with E-state index in [4.69, 9.17) is 0 Å². The van der Waals surface area contributed by atoms with Gasteiger partial charge in [-0.25, -0.2) is 9.59 Å². The molecule has 0 aliphatic carbocycles. The smallest absolute Gasteiger partial charge is 0.333 e. The summed E-state index contributed by atoms with van der Waals surface area (Å²) in [5.41, 5.74) is 0.443. The molecule has 3 heterocycles. The highest BCUT2D eigenvalue weighted by atomic mass is 16.4. The molecular weight excluding hydrogens is 344 g/mol. The van der Waals surface area contributed by atoms with Gasteiger partial charge in [0.25, 0.3) is 0 Å². The van der Waals surface area contributed by atoms with Crippen molar-refractivity contribution in [3.05, 3.63) is 53.9 Å². The molecule has 2 saturated heterocycles. The summed E-state index contributed by atoms with van der Waals surface area (Å²) in [6.45, 7) is 0. The number of aromatic nitrogens is 1. The molecule has 1 aromatic carbocycles. The minimum Gasteiger partial charge on any atom is -0.478 e. The van der Waals surface area contributed by atoms with Gasteiger partial charge in [0.05, 0.1) is 11.1 Å². The van der Waals surface area contributed by atoms with Gasteiger partial charge in [0.1, 0.15) is 0 Å². The zero-order chi connectivity index (χ0) is 19.2. The lowest BCUT2D eigenvalue weighted by molar-refractivity contribution is -0.136. The molecule has 2 aliphatic rings. The highest BCUT2D eigenvalue weighted by molar-refractivity contribution is 5.97. The fourth-order valence-corrected chi connectivity index (χ4v) is 5.16. The number of hydrogen-bond donors (Lipinski definition) is 2. The van der Waals surface area contributed by atoms with Crippen molar-refractivity contribution in [2.24, 2.45) is 0 Å². The summed E-state index contributed by atoms with van der Waals surface area (Å²) in [5.74, 6) is -2.18. The van der Waals surface area contributed by atoms with Crippen molar-refractivity contribution in [3.8, 4) is 0 Å². The monoisotopic (exact) mass is 366 g/mol. The zero-order valence-corrected chi connectivity index (χ0v) is 15.1. The molecule has 27 heavy (non-hydrogen) atoms. The van der Waals surface area contributed by atoms with Gasteiger partial charge < -0.3 is 10.2 Å². The predicted molar refractivity (Wildman–Crippen MR) is 101 cm³/mol. The molecule has 0 radical (unpaired) electrons. The maximum Gasteiger partial charge on any atom is 0.333 e. The van der Waals surface area contributed by atoms with Crippen LogP contribution in [0.5, 0.6) is 0 Å². The first-order valence-corrected chi connectivity index (χ1v) is 9.16. The molecule has 2 bridgehead atoms. The Morgan fingerprint density at radius 3 is 2.85 bits per heavy atom. The van der Waals surface area contributed by atoms with Crippen LogP contribution in [0.2, 0.25) is 0 Å². The third kappa shape index (κ3) is 2.80. The molecule has 0 saturated carbocycles. The summed E-state index contributed by atoms with van der Waals surface area (Å²) in [6, 6.07) is 8.39. The molecule has 2 N–H and O–H groups in total. The summed E-state index contributed by atoms with van der Waals surface area (Å²) in [4.78, 5) is 29.5. The average Bonchev–Trinajstić information content (AvgIpc) is 2.83. The van der Waals surface area contributed by atoms with Crippen molar-refractivity contribution < 1.29 is 19.8 Å². The van der Waals surface area contributed by atoms with Crippen LogP contribution < -0.4 is 0 Å². The fraction of sp³-hybridized carbons (Fsp3) is 0.381. The number of hydrogen-bond acceptors (Lipinski definition) is 4. The Kier molecular flexibility index (Phi) is 4.23. The normalized spacial score (nSPS) is 28.4. The van der Waals surface area contributed by atoms with Gasteiger partial charge in [-0.3, -0.25) is 9.88 Å². The number of aliphatic carboxylic acids is 2. The van der Waals surface area contributed by atoms with Crippen molar-refractivity contribution in [2.45, 2.75) is 43.2 Å². The predicted octanol–water partition coefficient (Wildman–Crippen LogP) is 3.04. The first-order valence-electron chi connectivity index (χ1n) is 9.16. The quantitative estimate of drug-likeness (QED) is 0.808. The largest absolute Gasteiger partial charge is 0.478 e. The van der Waals surface area contributed by atoms with E-state index in [1.807, 2.05) is 31.4 Å². The number of rotatable bonds is 4. The van der Waals surface area contributed by atoms with Crippen LogP contribution in [0.3, 0.4) is 0 Å². The van der Waals surface area contributed by atoms with Crippen LogP contribution in [0.25, 0.3) is 10.8 Å². The first-order chi connectivity index (χ1) is 12.9. The summed E-state index contributed by atoms with van der Waals surface area (Å²) >= 11 is 0. The van der Waals surface area contributed by atoms with E-state index in [1.165, 1.54) is 5.56 Å². The van der Waals surface area contributed by atoms with Crippen LogP contribution in [-0.4, -0.2) is 50.7 Å². The molecule has 6 nitrogen and oxygen atoms in total. The summed E-state index contributed by atoms with van der Waals surface area (Å²) in [5, 5.41) is 21.2. The number of likely N-dealkylation sites (N-methyl/N-ethyl adjacent to an activating group) is 1. The average molecular weight is 366 g/mol. The van der Waals surface area contributed by atoms with E-state index in [-0.39, 0.29) is 17.5 Å². The van der Waals surface area contributed by atoms with Crippen LogP contribution in [0.1, 0.15) is 37.2 Å². The van der Waals surface area contributed by atoms with Gasteiger partial charge >= 0.3 is 11.9 Å². The van der Waals surface area contributed by atoms with Crippen LogP contribution in [0.4, 0.5) is 0 Å². The van der Waals surface area contributed by atoms with Gasteiger partial charge in [0, 0.05) is 29.9 Å². The maximum atomic E-state index is 12.0. The summed E-state index contributed by atoms with van der Waals surface area (Å²) in [6.07, 6.45) is 7.60. The Morgan fingerprint density at radius 2 is 2.11 bits per heavy atom. The van der Waals surface area contributed by atoms with Crippen LogP contribution in [0.15, 0.2) is 48.3 Å². The Balaban J connectivity index is 1.81. The first kappa shape index (κ1) is 17.7. The van der Waals surface area contributed by atoms with E-state index in [9.17, 15) is 19.8 Å². The molecular formula is C21H22N2O4. The number of carbonyl (C=O) groups is 2. The second-order valence-corrected chi connectivity index (χ2v) is 7.62. The third-order valence-electron chi connectivity index (χ3n) is 6.41. The molecule has 140 valence electrons. The van der Waals surface area contributed by atoms with E-state index in [0.29, 0.717) is 12.8 Å². The highest BCUT2D eigenvalue weighted by Crippen LogP contribution is 2.52. The van der Waals surface area contributed by atoms with Crippen LogP contribution in [-0.2, 0) is 9.59 Å². The molecule has 3 atom stereocenters. The molecule has 3 unspecified atom stereocenters. The van der Waals surface area contributed by atoms with Crippen molar-refractivity contribution in [2.75, 3.05) is 7.05 Å². The van der Waals surface area contributed by atoms with Crippen LogP contribution >= 0.6 is 0 Å². The van der Waals surface area contributed by atoms with Crippen LogP contribution in [0, 0.1) is 0 Å². The molecule has 1 aromatic heterocycles. The van der Waals surface area contributed by atoms with E-state index >= 15 is 0 Å². The lowest BCUT2D eigenvalue weighted by Gasteiger charge is -2.46. The minimum atomic E-state index is -1.21. The molecule has 2 aliphatic heterocycles. The number of pyridine rings is 1. The summed E-state index contributed by atoms with van der Waals surface area (Å²) in [7, 11) is 1.93. The second kappa shape index (κ2) is 6.46. The van der Waals surface area contributed by atoms with Crippen molar-refractivity contribution in [1.29, 1.82) is 0 Å². The second-order valence-electron chi connectivity index (χ2n) is 7.62. The number of benzene rings is 1. The summed E-state index contributed by atoms with van der Waals surface area (Å²) < 4.78 is 0. The van der Waals surface area contributed by atoms with Crippen molar-refractivity contribution in [1.82, 2.24) is 9.88 Å². The Morgan fingerprint density at radius 1 is 1.30 bits per heavy atom. The lowest BCUT2D eigenvalue weighted by Crippen LogP contribution is -2.52. The third-order valence-corrected chi connectivity index (χ3v) is 6.41. The number of nitrogens with zero attached hydrogens (tertiary/aromatic N) is 2. The van der Waals surface area contributed by atoms with E-state index < -0.39 is 17.5 Å². The van der Waals surface area contributed by atoms with Gasteiger partial charge in [0.15, 0.2) is 0 Å². The van der Waals surface area contributed by atoms with E-state index in [1.54, 1.807) is 6.20 Å². The topological polar surface area (TPSA) is 90.7 Å². The number of carboxylic acids is 2. The molecule has 0 spiro atoms. The van der Waals surface area contributed by atoms with Gasteiger partial charge in [-0.1, -0.05) is 18.2 Å². The highest BCUT2D eigenvalue weighted by Gasteiger charge is 2.54. The Hall–Kier alpha value is -2.73. The van der Waals surface area contributed by atoms with Gasteiger partial charge in [-0.15, -0.1) is 0 Å².